The molecule has 0 aromatic heterocycles. The van der Waals surface area contributed by atoms with E-state index in [0.29, 0.717) is 0 Å². The molecule has 0 aromatic rings. The zero-order valence-electron chi connectivity index (χ0n) is 13.1. The summed E-state index contributed by atoms with van der Waals surface area (Å²) in [5.74, 6) is -4.21. The number of β-lactam (4-membered cyclic amide) rings is 1. The van der Waals surface area contributed by atoms with E-state index in [0.717, 1.165) is 16.7 Å². The standard InChI is InChI=1S/C13H19N3O7S/c1-12(2)13(11(22)23,16-8(19)7(18)9(16)24-12)15-6(17)4-3-5(14)10(20)21/h5,7,9,18H,3-4,14H2,1-2H3,(H,15,17)(H,20,21)(H,22,23)/t5?,7-,9+,13-/m0/s1. The summed E-state index contributed by atoms with van der Waals surface area (Å²) in [7, 11) is 0. The number of carboxylic acids is 2. The maximum atomic E-state index is 12.2. The van der Waals surface area contributed by atoms with Crippen molar-refractivity contribution in [3.8, 4) is 0 Å². The van der Waals surface area contributed by atoms with E-state index < -0.39 is 51.7 Å². The van der Waals surface area contributed by atoms with Crippen LogP contribution < -0.4 is 11.1 Å². The van der Waals surface area contributed by atoms with Crippen molar-refractivity contribution in [2.45, 2.75) is 54.6 Å². The number of fused-ring (bicyclic) bond motifs is 1. The fraction of sp³-hybridized carbons (Fsp3) is 0.692. The van der Waals surface area contributed by atoms with Gasteiger partial charge in [0, 0.05) is 6.42 Å². The van der Waals surface area contributed by atoms with Gasteiger partial charge in [-0.2, -0.15) is 0 Å². The number of nitrogens with one attached hydrogen (secondary N) is 1. The molecule has 0 radical (unpaired) electrons. The molecular weight excluding hydrogens is 342 g/mol. The maximum absolute atomic E-state index is 12.2. The van der Waals surface area contributed by atoms with Crippen LogP contribution in [0.5, 0.6) is 0 Å². The fourth-order valence-electron chi connectivity index (χ4n) is 2.90. The van der Waals surface area contributed by atoms with Gasteiger partial charge in [0.1, 0.15) is 11.4 Å². The van der Waals surface area contributed by atoms with E-state index in [-0.39, 0.29) is 12.8 Å². The molecule has 0 spiro atoms. The highest BCUT2D eigenvalue weighted by Crippen LogP contribution is 2.55. The Morgan fingerprint density at radius 3 is 2.46 bits per heavy atom. The van der Waals surface area contributed by atoms with Crippen LogP contribution in [0, 0.1) is 0 Å². The summed E-state index contributed by atoms with van der Waals surface area (Å²) in [6, 6.07) is -1.25. The predicted octanol–water partition coefficient (Wildman–Crippen LogP) is -1.87. The van der Waals surface area contributed by atoms with Crippen LogP contribution in [0.3, 0.4) is 0 Å². The van der Waals surface area contributed by atoms with Crippen LogP contribution >= 0.6 is 11.8 Å². The number of aliphatic hydroxyl groups excluding tert-OH is 1. The molecule has 24 heavy (non-hydrogen) atoms. The van der Waals surface area contributed by atoms with Gasteiger partial charge in [0.05, 0.1) is 4.75 Å². The lowest BCUT2D eigenvalue weighted by atomic mass is 9.89. The normalized spacial score (nSPS) is 31.8. The van der Waals surface area contributed by atoms with Crippen LogP contribution in [-0.4, -0.2) is 71.9 Å². The van der Waals surface area contributed by atoms with E-state index in [4.69, 9.17) is 10.8 Å². The summed E-state index contributed by atoms with van der Waals surface area (Å²) in [5.41, 5.74) is 3.30. The molecule has 2 aliphatic heterocycles. The zero-order valence-corrected chi connectivity index (χ0v) is 13.9. The van der Waals surface area contributed by atoms with E-state index >= 15 is 0 Å². The predicted molar refractivity (Wildman–Crippen MR) is 81.7 cm³/mol. The Balaban J connectivity index is 2.22. The average molecular weight is 361 g/mol. The Bertz CT molecular complexity index is 610. The van der Waals surface area contributed by atoms with Crippen molar-refractivity contribution in [1.29, 1.82) is 0 Å². The number of hydrogen-bond acceptors (Lipinski definition) is 7. The summed E-state index contributed by atoms with van der Waals surface area (Å²) in [5, 5.41) is 29.7. The number of hydrogen-bond donors (Lipinski definition) is 5. The molecule has 2 heterocycles. The van der Waals surface area contributed by atoms with Gasteiger partial charge >= 0.3 is 11.9 Å². The largest absolute Gasteiger partial charge is 0.480 e. The molecule has 2 saturated heterocycles. The molecule has 134 valence electrons. The molecule has 0 bridgehead atoms. The Kier molecular flexibility index (Phi) is 4.55. The number of amides is 2. The molecule has 0 saturated carbocycles. The molecule has 4 atom stereocenters. The molecule has 0 aliphatic carbocycles. The third-order valence-corrected chi connectivity index (χ3v) is 5.89. The van der Waals surface area contributed by atoms with Crippen LogP contribution in [-0.2, 0) is 19.2 Å². The summed E-state index contributed by atoms with van der Waals surface area (Å²) >= 11 is 1.08. The van der Waals surface area contributed by atoms with E-state index in [9.17, 15) is 29.4 Å². The van der Waals surface area contributed by atoms with Gasteiger partial charge in [-0.05, 0) is 20.3 Å². The Labute approximate surface area is 141 Å². The van der Waals surface area contributed by atoms with Crippen molar-refractivity contribution >= 4 is 35.5 Å². The van der Waals surface area contributed by atoms with Crippen LogP contribution in [0.25, 0.3) is 0 Å². The monoisotopic (exact) mass is 361 g/mol. The summed E-state index contributed by atoms with van der Waals surface area (Å²) < 4.78 is -1.11. The first-order valence-corrected chi connectivity index (χ1v) is 8.05. The second kappa shape index (κ2) is 5.90. The first-order chi connectivity index (χ1) is 11.0. The maximum Gasteiger partial charge on any atom is 0.352 e. The lowest BCUT2D eigenvalue weighted by molar-refractivity contribution is -0.185. The molecule has 0 aromatic carbocycles. The Hall–Kier alpha value is -1.85. The van der Waals surface area contributed by atoms with Crippen molar-refractivity contribution in [3.63, 3.8) is 0 Å². The summed E-state index contributed by atoms with van der Waals surface area (Å²) in [4.78, 5) is 47.7. The third kappa shape index (κ3) is 2.52. The first kappa shape index (κ1) is 18.5. The smallest absolute Gasteiger partial charge is 0.352 e. The highest BCUT2D eigenvalue weighted by atomic mass is 32.2. The molecule has 10 nitrogen and oxygen atoms in total. The van der Waals surface area contributed by atoms with E-state index in [1.165, 1.54) is 0 Å². The minimum Gasteiger partial charge on any atom is -0.480 e. The number of carbonyl (C=O) groups excluding carboxylic acids is 2. The lowest BCUT2D eigenvalue weighted by Crippen LogP contribution is -2.78. The number of nitrogens with zero attached hydrogens (tertiary/aromatic N) is 1. The van der Waals surface area contributed by atoms with Crippen LogP contribution in [0.1, 0.15) is 26.7 Å². The van der Waals surface area contributed by atoms with Crippen molar-refractivity contribution in [3.05, 3.63) is 0 Å². The van der Waals surface area contributed by atoms with E-state index in [1.807, 2.05) is 0 Å². The Morgan fingerprint density at radius 1 is 1.38 bits per heavy atom. The lowest BCUT2D eigenvalue weighted by Gasteiger charge is -2.48. The van der Waals surface area contributed by atoms with Gasteiger partial charge in [-0.25, -0.2) is 4.79 Å². The topological polar surface area (TPSA) is 170 Å². The molecule has 2 fully saturated rings. The quantitative estimate of drug-likeness (QED) is 0.340. The summed E-state index contributed by atoms with van der Waals surface area (Å²) in [6.45, 7) is 3.10. The molecule has 2 amide bonds. The molecule has 1 unspecified atom stereocenters. The summed E-state index contributed by atoms with van der Waals surface area (Å²) in [6.07, 6.45) is -1.80. The molecule has 2 rings (SSSR count). The number of nitrogens with two attached hydrogens (primary N) is 1. The number of thioether (sulfide) groups is 1. The van der Waals surface area contributed by atoms with Gasteiger partial charge in [-0.1, -0.05) is 0 Å². The third-order valence-electron chi connectivity index (χ3n) is 4.29. The van der Waals surface area contributed by atoms with Crippen molar-refractivity contribution in [2.24, 2.45) is 5.73 Å². The minimum absolute atomic E-state index is 0.176. The van der Waals surface area contributed by atoms with Crippen molar-refractivity contribution in [1.82, 2.24) is 10.2 Å². The molecular formula is C13H19N3O7S. The average Bonchev–Trinajstić information content (AvgIpc) is 2.70. The van der Waals surface area contributed by atoms with E-state index in [2.05, 4.69) is 5.32 Å². The number of carboxylic acid groups (broad SMARTS) is 2. The van der Waals surface area contributed by atoms with Crippen molar-refractivity contribution < 1.29 is 34.5 Å². The Morgan fingerprint density at radius 2 is 1.96 bits per heavy atom. The van der Waals surface area contributed by atoms with Crippen LogP contribution in [0.15, 0.2) is 0 Å². The van der Waals surface area contributed by atoms with Gasteiger partial charge in [-0.15, -0.1) is 11.8 Å². The van der Waals surface area contributed by atoms with Gasteiger partial charge in [0.15, 0.2) is 6.10 Å². The van der Waals surface area contributed by atoms with E-state index in [1.54, 1.807) is 13.8 Å². The SMILES string of the molecule is CC1(C)S[C@@H]2[C@@H](O)C(=O)N2[C@@]1(NC(=O)CCC(N)C(=O)O)C(=O)O. The highest BCUT2D eigenvalue weighted by Gasteiger charge is 2.73. The first-order valence-electron chi connectivity index (χ1n) is 7.17. The zero-order chi connectivity index (χ0) is 18.4. The van der Waals surface area contributed by atoms with Gasteiger partial charge < -0.3 is 26.4 Å². The second-order valence-corrected chi connectivity index (χ2v) is 7.96. The van der Waals surface area contributed by atoms with Crippen LogP contribution in [0.4, 0.5) is 0 Å². The molecule has 2 aliphatic rings. The molecule has 11 heteroatoms. The van der Waals surface area contributed by atoms with Gasteiger partial charge in [-0.3, -0.25) is 19.3 Å². The number of rotatable bonds is 6. The highest BCUT2D eigenvalue weighted by molar-refractivity contribution is 8.01. The van der Waals surface area contributed by atoms with Gasteiger partial charge in [0.2, 0.25) is 11.6 Å². The number of aliphatic hydroxyl groups is 1. The van der Waals surface area contributed by atoms with Gasteiger partial charge in [0.25, 0.3) is 5.91 Å². The minimum atomic E-state index is -2.02. The second-order valence-electron chi connectivity index (χ2n) is 6.22. The number of aliphatic carboxylic acids is 2. The van der Waals surface area contributed by atoms with Crippen molar-refractivity contribution in [2.75, 3.05) is 0 Å². The fourth-order valence-corrected chi connectivity index (χ4v) is 4.52. The molecule has 6 N–H and O–H groups in total. The van der Waals surface area contributed by atoms with Crippen LogP contribution in [0.2, 0.25) is 0 Å². The number of carbonyl (C=O) groups is 4.